The summed E-state index contributed by atoms with van der Waals surface area (Å²) in [5.41, 5.74) is 6.10. The molecule has 14 nitrogen and oxygen atoms in total. The first-order chi connectivity index (χ1) is 27.0. The van der Waals surface area contributed by atoms with E-state index in [1.807, 2.05) is 6.07 Å². The molecule has 56 heavy (non-hydrogen) atoms. The van der Waals surface area contributed by atoms with E-state index in [4.69, 9.17) is 40.6 Å². The van der Waals surface area contributed by atoms with Gasteiger partial charge in [0.25, 0.3) is 0 Å². The fourth-order valence-corrected chi connectivity index (χ4v) is 7.95. The van der Waals surface area contributed by atoms with Crippen molar-refractivity contribution in [2.45, 2.75) is 153 Å². The third-order valence-electron chi connectivity index (χ3n) is 10.3. The predicted molar refractivity (Wildman–Crippen MR) is 214 cm³/mol. The number of phosphoric ester groups is 1. The van der Waals surface area contributed by atoms with Crippen LogP contribution in [0.1, 0.15) is 133 Å². The molecule has 0 saturated carbocycles. The monoisotopic (exact) mass is 821 g/mol. The van der Waals surface area contributed by atoms with Crippen LogP contribution in [0, 0.1) is 11.3 Å². The van der Waals surface area contributed by atoms with Gasteiger partial charge in [-0.3, -0.25) is 9.05 Å². The summed E-state index contributed by atoms with van der Waals surface area (Å²) in [4.78, 5) is 14.6. The van der Waals surface area contributed by atoms with Gasteiger partial charge in [-0.25, -0.2) is 14.1 Å². The van der Waals surface area contributed by atoms with E-state index < -0.39 is 44.6 Å². The number of fused-ring (bicyclic) bond motifs is 1. The normalized spacial score (nSPS) is 21.3. The first-order valence-corrected chi connectivity index (χ1v) is 22.0. The number of nitrogens with zero attached hydrogens (tertiary/aromatic N) is 4. The molecule has 312 valence electrons. The minimum atomic E-state index is -4.89. The fraction of sp³-hybridized carbons (Fsp3) is 0.675. The molecule has 0 aliphatic carbocycles. The topological polar surface area (TPSA) is 204 Å². The van der Waals surface area contributed by atoms with Crippen LogP contribution >= 0.6 is 19.4 Å². The van der Waals surface area contributed by atoms with Crippen LogP contribution in [0.15, 0.2) is 36.7 Å². The van der Waals surface area contributed by atoms with Gasteiger partial charge >= 0.3 is 7.82 Å². The van der Waals surface area contributed by atoms with Gasteiger partial charge in [-0.2, -0.15) is 10.4 Å². The molecule has 0 bridgehead atoms. The number of rotatable bonds is 28. The van der Waals surface area contributed by atoms with Gasteiger partial charge < -0.3 is 35.1 Å². The lowest BCUT2D eigenvalue weighted by molar-refractivity contribution is -0.157. The largest absolute Gasteiger partial charge is 0.474 e. The van der Waals surface area contributed by atoms with Gasteiger partial charge in [0.2, 0.25) is 0 Å². The molecule has 1 fully saturated rings. The SMILES string of the molecule is CCCCCCCCCCCCCCCCCCOC[C@H](COP(=O)(O)O[C@H]1O[C@@](C)(c2ccc3c(N)ncnn23)[C@H](O)[C@@H]1O)OCc1ccc(C#N)cc1Cl. The predicted octanol–water partition coefficient (Wildman–Crippen LogP) is 8.13. The van der Waals surface area contributed by atoms with Crippen LogP contribution in [-0.2, 0) is 40.0 Å². The smallest absolute Gasteiger partial charge is 0.387 e. The molecule has 5 N–H and O–H groups in total. The molecule has 3 aromatic rings. The Bertz CT molecular complexity index is 1710. The number of ether oxygens (including phenoxy) is 3. The molecule has 1 unspecified atom stereocenters. The minimum Gasteiger partial charge on any atom is -0.387 e. The molecule has 1 aromatic carbocycles. The summed E-state index contributed by atoms with van der Waals surface area (Å²) in [6.07, 6.45) is 15.7. The van der Waals surface area contributed by atoms with Crippen molar-refractivity contribution in [2.75, 3.05) is 25.6 Å². The van der Waals surface area contributed by atoms with Crippen LogP contribution in [0.3, 0.4) is 0 Å². The lowest BCUT2D eigenvalue weighted by Gasteiger charge is -2.27. The molecule has 4 rings (SSSR count). The van der Waals surface area contributed by atoms with Crippen LogP contribution < -0.4 is 5.73 Å². The lowest BCUT2D eigenvalue weighted by Crippen LogP contribution is -2.39. The van der Waals surface area contributed by atoms with Crippen molar-refractivity contribution in [3.8, 4) is 6.07 Å². The van der Waals surface area contributed by atoms with Crippen molar-refractivity contribution in [2.24, 2.45) is 0 Å². The van der Waals surface area contributed by atoms with Crippen molar-refractivity contribution in [3.05, 3.63) is 58.5 Å². The van der Waals surface area contributed by atoms with E-state index in [9.17, 15) is 24.9 Å². The van der Waals surface area contributed by atoms with E-state index in [1.54, 1.807) is 24.3 Å². The maximum absolute atomic E-state index is 13.2. The first-order valence-electron chi connectivity index (χ1n) is 20.1. The van der Waals surface area contributed by atoms with Crippen molar-refractivity contribution in [1.82, 2.24) is 14.6 Å². The van der Waals surface area contributed by atoms with E-state index in [-0.39, 0.29) is 19.0 Å². The van der Waals surface area contributed by atoms with Crippen LogP contribution in [0.2, 0.25) is 5.02 Å². The number of nitrogens with two attached hydrogens (primary N) is 1. The number of hydrogen-bond acceptors (Lipinski definition) is 12. The van der Waals surface area contributed by atoms with Crippen LogP contribution in [-0.4, -0.2) is 74.1 Å². The van der Waals surface area contributed by atoms with Crippen molar-refractivity contribution in [3.63, 3.8) is 0 Å². The molecular weight excluding hydrogens is 761 g/mol. The average Bonchev–Trinajstić information content (AvgIpc) is 3.71. The minimum absolute atomic E-state index is 0.0197. The van der Waals surface area contributed by atoms with Gasteiger partial charge in [-0.05, 0) is 43.2 Å². The second-order valence-electron chi connectivity index (χ2n) is 14.8. The summed E-state index contributed by atoms with van der Waals surface area (Å²) in [5, 5.41) is 35.5. The number of halogens is 1. The van der Waals surface area contributed by atoms with Crippen LogP contribution in [0.5, 0.6) is 0 Å². The van der Waals surface area contributed by atoms with Gasteiger partial charge in [0.1, 0.15) is 35.8 Å². The zero-order valence-electron chi connectivity index (χ0n) is 32.9. The molecule has 0 radical (unpaired) electrons. The van der Waals surface area contributed by atoms with Crippen molar-refractivity contribution >= 4 is 30.8 Å². The molecule has 1 saturated heterocycles. The number of aromatic nitrogens is 3. The average molecular weight is 822 g/mol. The highest BCUT2D eigenvalue weighted by Crippen LogP contribution is 2.50. The molecule has 0 spiro atoms. The Morgan fingerprint density at radius 2 is 1.61 bits per heavy atom. The fourth-order valence-electron chi connectivity index (χ4n) is 6.87. The Morgan fingerprint density at radius 1 is 0.982 bits per heavy atom. The van der Waals surface area contributed by atoms with E-state index in [1.165, 1.54) is 107 Å². The highest BCUT2D eigenvalue weighted by molar-refractivity contribution is 7.47. The Hall–Kier alpha value is -2.67. The van der Waals surface area contributed by atoms with E-state index >= 15 is 0 Å². The van der Waals surface area contributed by atoms with Crippen molar-refractivity contribution in [1.29, 1.82) is 5.26 Å². The molecule has 16 heteroatoms. The van der Waals surface area contributed by atoms with Gasteiger partial charge in [0, 0.05) is 11.6 Å². The third-order valence-corrected chi connectivity index (χ3v) is 11.6. The summed E-state index contributed by atoms with van der Waals surface area (Å²) in [6.45, 7) is 3.88. The molecule has 1 aliphatic heterocycles. The number of aliphatic hydroxyl groups is 2. The third kappa shape index (κ3) is 14.0. The number of hydrogen-bond donors (Lipinski definition) is 4. The van der Waals surface area contributed by atoms with Gasteiger partial charge in [-0.1, -0.05) is 121 Å². The van der Waals surface area contributed by atoms with E-state index in [2.05, 4.69) is 17.0 Å². The first kappa shape index (κ1) is 46.0. The Kier molecular flexibility index (Phi) is 19.4. The zero-order valence-corrected chi connectivity index (χ0v) is 34.5. The highest BCUT2D eigenvalue weighted by atomic mass is 35.5. The maximum Gasteiger partial charge on any atom is 0.474 e. The van der Waals surface area contributed by atoms with Gasteiger partial charge in [0.05, 0.1) is 37.1 Å². The summed E-state index contributed by atoms with van der Waals surface area (Å²) in [6, 6.07) is 10.1. The quantitative estimate of drug-likeness (QED) is 0.0404. The Morgan fingerprint density at radius 3 is 2.21 bits per heavy atom. The molecule has 3 heterocycles. The Balaban J connectivity index is 1.20. The maximum atomic E-state index is 13.2. The van der Waals surface area contributed by atoms with Crippen LogP contribution in [0.4, 0.5) is 5.82 Å². The summed E-state index contributed by atoms with van der Waals surface area (Å²) in [5.74, 6) is 0.191. The number of anilines is 1. The molecule has 6 atom stereocenters. The van der Waals surface area contributed by atoms with E-state index in [0.29, 0.717) is 34.0 Å². The lowest BCUT2D eigenvalue weighted by atomic mass is 9.94. The number of nitriles is 1. The number of unbranched alkanes of at least 4 members (excludes halogenated alkanes) is 15. The Labute approximate surface area is 336 Å². The molecular formula is C40H61ClN5O9P. The number of aliphatic hydroxyl groups excluding tert-OH is 2. The molecule has 1 aliphatic rings. The van der Waals surface area contributed by atoms with Crippen molar-refractivity contribution < 1.29 is 42.9 Å². The summed E-state index contributed by atoms with van der Waals surface area (Å²) in [7, 11) is -4.89. The van der Waals surface area contributed by atoms with E-state index in [0.717, 1.165) is 19.3 Å². The molecule has 0 amide bonds. The second-order valence-corrected chi connectivity index (χ2v) is 16.6. The number of phosphoric acid groups is 1. The number of benzene rings is 1. The second kappa shape index (κ2) is 23.7. The summed E-state index contributed by atoms with van der Waals surface area (Å²) < 4.78 is 42.9. The van der Waals surface area contributed by atoms with Gasteiger partial charge in [0.15, 0.2) is 12.1 Å². The summed E-state index contributed by atoms with van der Waals surface area (Å²) >= 11 is 6.35. The number of nitrogen functional groups attached to an aromatic ring is 1. The highest BCUT2D eigenvalue weighted by Gasteiger charge is 2.56. The van der Waals surface area contributed by atoms with Crippen LogP contribution in [0.25, 0.3) is 5.52 Å². The zero-order chi connectivity index (χ0) is 40.4. The standard InChI is InChI=1S/C40H61ClN5O9P/c1-3-4-5-6-7-8-9-10-11-12-13-14-15-16-17-18-23-51-27-32(52-26-31-20-19-30(25-42)24-33(31)41)28-53-56(49,50)55-39-36(47)37(48)40(2,54-39)35-22-21-34-38(43)44-29-45-46(34)35/h19-22,24,29,32,36-37,39,47-48H,3-18,23,26-28H2,1-2H3,(H,49,50)(H2,43,44,45)/t32-,36+,37-,39-,40+/m1/s1. The molecule has 2 aromatic heterocycles. The van der Waals surface area contributed by atoms with Gasteiger partial charge in [-0.15, -0.1) is 0 Å².